The third kappa shape index (κ3) is 5.61. The molecule has 0 aromatic rings. The van der Waals surface area contributed by atoms with Crippen LogP contribution in [0.5, 0.6) is 0 Å². The predicted octanol–water partition coefficient (Wildman–Crippen LogP) is 3.53. The minimum atomic E-state index is 1.26. The van der Waals surface area contributed by atoms with Gasteiger partial charge in [-0.25, -0.2) is 0 Å². The number of hydrogen-bond donors (Lipinski definition) is 0. The van der Waals surface area contributed by atoms with Gasteiger partial charge in [0.2, 0.25) is 0 Å². The van der Waals surface area contributed by atoms with E-state index in [2.05, 4.69) is 26.8 Å². The van der Waals surface area contributed by atoms with Crippen molar-refractivity contribution in [3.8, 4) is 0 Å². The lowest BCUT2D eigenvalue weighted by Crippen LogP contribution is -1.74. The van der Waals surface area contributed by atoms with E-state index in [1.807, 2.05) is 0 Å². The van der Waals surface area contributed by atoms with Crippen molar-refractivity contribution >= 4 is 0 Å². The van der Waals surface area contributed by atoms with Crippen LogP contribution in [0.1, 0.15) is 46.5 Å². The Hall–Kier alpha value is -0.260. The summed E-state index contributed by atoms with van der Waals surface area (Å²) in [6, 6.07) is 0. The molecule has 0 aliphatic heterocycles. The fourth-order valence-corrected chi connectivity index (χ4v) is 0.887. The highest BCUT2D eigenvalue weighted by molar-refractivity contribution is 4.96. The molecule has 0 atom stereocenters. The van der Waals surface area contributed by atoms with Crippen LogP contribution >= 0.6 is 0 Å². The average molecular weight is 126 g/mol. The third-order valence-corrected chi connectivity index (χ3v) is 1.43. The summed E-state index contributed by atoms with van der Waals surface area (Å²) >= 11 is 0. The van der Waals surface area contributed by atoms with Gasteiger partial charge in [-0.3, -0.25) is 0 Å². The first kappa shape index (κ1) is 8.74. The number of rotatable bonds is 4. The maximum absolute atomic E-state index is 2.35. The van der Waals surface area contributed by atoms with Gasteiger partial charge in [-0.2, -0.15) is 0 Å². The largest absolute Gasteiger partial charge is 0.0856 e. The Morgan fingerprint density at radius 2 is 1.89 bits per heavy atom. The van der Waals surface area contributed by atoms with Crippen LogP contribution in [0.2, 0.25) is 0 Å². The molecule has 0 aromatic heterocycles. The minimum absolute atomic E-state index is 1.26. The zero-order valence-corrected chi connectivity index (χ0v) is 6.91. The van der Waals surface area contributed by atoms with E-state index in [0.717, 1.165) is 0 Å². The van der Waals surface area contributed by atoms with Crippen LogP contribution in [0.25, 0.3) is 0 Å². The molecule has 54 valence electrons. The van der Waals surface area contributed by atoms with E-state index in [4.69, 9.17) is 0 Å². The maximum Gasteiger partial charge on any atom is -0.0326 e. The smallest absolute Gasteiger partial charge is 0.0326 e. The van der Waals surface area contributed by atoms with Crippen molar-refractivity contribution < 1.29 is 0 Å². The molecule has 0 amide bonds. The van der Waals surface area contributed by atoms with E-state index in [1.54, 1.807) is 5.57 Å². The van der Waals surface area contributed by atoms with Crippen molar-refractivity contribution in [3.63, 3.8) is 0 Å². The van der Waals surface area contributed by atoms with Crippen LogP contribution in [0.4, 0.5) is 0 Å². The summed E-state index contributed by atoms with van der Waals surface area (Å²) in [4.78, 5) is 0. The van der Waals surface area contributed by atoms with Crippen molar-refractivity contribution in [3.05, 3.63) is 11.6 Å². The number of unbranched alkanes of at least 4 members (excludes halogenated alkanes) is 1. The molecule has 0 saturated carbocycles. The lowest BCUT2D eigenvalue weighted by Gasteiger charge is -1.94. The fraction of sp³-hybridized carbons (Fsp3) is 0.778. The monoisotopic (exact) mass is 126 g/mol. The van der Waals surface area contributed by atoms with Gasteiger partial charge in [0.1, 0.15) is 0 Å². The van der Waals surface area contributed by atoms with Gasteiger partial charge in [-0.15, -0.1) is 0 Å². The highest BCUT2D eigenvalue weighted by atomic mass is 13.9. The Balaban J connectivity index is 3.30. The summed E-state index contributed by atoms with van der Waals surface area (Å²) in [7, 11) is 0. The molecule has 0 aromatic carbocycles. The molecule has 0 nitrogen and oxygen atoms in total. The van der Waals surface area contributed by atoms with E-state index < -0.39 is 0 Å². The van der Waals surface area contributed by atoms with Gasteiger partial charge < -0.3 is 0 Å². The van der Waals surface area contributed by atoms with Crippen LogP contribution in [-0.2, 0) is 0 Å². The number of allylic oxidation sites excluding steroid dienone is 2. The second-order valence-corrected chi connectivity index (χ2v) is 2.59. The molecule has 0 N–H and O–H groups in total. The van der Waals surface area contributed by atoms with Crippen LogP contribution in [0.15, 0.2) is 11.6 Å². The van der Waals surface area contributed by atoms with E-state index in [-0.39, 0.29) is 0 Å². The molecule has 0 heterocycles. The van der Waals surface area contributed by atoms with E-state index in [9.17, 15) is 0 Å². The van der Waals surface area contributed by atoms with Crippen molar-refractivity contribution in [1.29, 1.82) is 0 Å². The molecule has 0 radical (unpaired) electrons. The zero-order valence-electron chi connectivity index (χ0n) is 6.91. The van der Waals surface area contributed by atoms with Gasteiger partial charge in [0.15, 0.2) is 0 Å². The van der Waals surface area contributed by atoms with E-state index >= 15 is 0 Å². The summed E-state index contributed by atoms with van der Waals surface area (Å²) in [5.74, 6) is 0. The SMILES string of the molecule is CCC/C=C(/C)CCC. The van der Waals surface area contributed by atoms with Gasteiger partial charge in [-0.05, 0) is 19.8 Å². The fourth-order valence-electron chi connectivity index (χ4n) is 0.887. The van der Waals surface area contributed by atoms with Crippen molar-refractivity contribution in [2.24, 2.45) is 0 Å². The molecule has 9 heavy (non-hydrogen) atoms. The molecule has 0 saturated heterocycles. The Labute approximate surface area is 59.0 Å². The molecule has 0 fully saturated rings. The van der Waals surface area contributed by atoms with Gasteiger partial charge in [0.05, 0.1) is 0 Å². The van der Waals surface area contributed by atoms with Crippen molar-refractivity contribution in [2.45, 2.75) is 46.5 Å². The van der Waals surface area contributed by atoms with Crippen LogP contribution in [-0.4, -0.2) is 0 Å². The summed E-state index contributed by atoms with van der Waals surface area (Å²) in [5.41, 5.74) is 1.55. The Kier molecular flexibility index (Phi) is 5.70. The van der Waals surface area contributed by atoms with Gasteiger partial charge in [0, 0.05) is 0 Å². The Bertz CT molecular complexity index is 80.0. The van der Waals surface area contributed by atoms with Gasteiger partial charge >= 0.3 is 0 Å². The van der Waals surface area contributed by atoms with Gasteiger partial charge in [0.25, 0.3) is 0 Å². The molecule has 0 bridgehead atoms. The quantitative estimate of drug-likeness (QED) is 0.505. The van der Waals surface area contributed by atoms with E-state index in [0.29, 0.717) is 0 Å². The second-order valence-electron chi connectivity index (χ2n) is 2.59. The normalized spacial score (nSPS) is 12.1. The minimum Gasteiger partial charge on any atom is -0.0856 e. The molecule has 0 aliphatic carbocycles. The highest BCUT2D eigenvalue weighted by Gasteiger charge is 1.84. The van der Waals surface area contributed by atoms with Gasteiger partial charge in [-0.1, -0.05) is 38.3 Å². The highest BCUT2D eigenvalue weighted by Crippen LogP contribution is 2.04. The number of hydrogen-bond acceptors (Lipinski definition) is 0. The molecular formula is C9H18. The predicted molar refractivity (Wildman–Crippen MR) is 43.6 cm³/mol. The first-order valence-electron chi connectivity index (χ1n) is 3.96. The Morgan fingerprint density at radius 1 is 1.22 bits per heavy atom. The summed E-state index contributed by atoms with van der Waals surface area (Å²) in [6.45, 7) is 6.66. The maximum atomic E-state index is 2.35. The first-order valence-corrected chi connectivity index (χ1v) is 3.96. The topological polar surface area (TPSA) is 0 Å². The second kappa shape index (κ2) is 5.87. The summed E-state index contributed by atoms with van der Waals surface area (Å²) < 4.78 is 0. The first-order chi connectivity index (χ1) is 4.31. The van der Waals surface area contributed by atoms with Crippen molar-refractivity contribution in [2.75, 3.05) is 0 Å². The lowest BCUT2D eigenvalue weighted by molar-refractivity contribution is 0.876. The molecular weight excluding hydrogens is 108 g/mol. The van der Waals surface area contributed by atoms with Crippen molar-refractivity contribution in [1.82, 2.24) is 0 Å². The summed E-state index contributed by atoms with van der Waals surface area (Å²) in [6.07, 6.45) is 7.45. The molecule has 0 aliphatic rings. The molecule has 0 heteroatoms. The third-order valence-electron chi connectivity index (χ3n) is 1.43. The zero-order chi connectivity index (χ0) is 7.11. The molecule has 0 spiro atoms. The standard InChI is InChI=1S/C9H18/c1-4-6-8-9(3)7-5-2/h8H,4-7H2,1-3H3/b9-8-. The molecule has 0 rings (SSSR count). The van der Waals surface area contributed by atoms with E-state index in [1.165, 1.54) is 25.7 Å². The van der Waals surface area contributed by atoms with Crippen LogP contribution < -0.4 is 0 Å². The lowest BCUT2D eigenvalue weighted by atomic mass is 10.1. The average Bonchev–Trinajstić information content (AvgIpc) is 1.85. The van der Waals surface area contributed by atoms with Crippen LogP contribution in [0.3, 0.4) is 0 Å². The Morgan fingerprint density at radius 3 is 2.33 bits per heavy atom. The summed E-state index contributed by atoms with van der Waals surface area (Å²) in [5, 5.41) is 0. The molecule has 0 unspecified atom stereocenters. The van der Waals surface area contributed by atoms with Crippen LogP contribution in [0, 0.1) is 0 Å².